The summed E-state index contributed by atoms with van der Waals surface area (Å²) in [5, 5.41) is 11.3. The number of imidazole rings is 1. The molecule has 0 saturated carbocycles. The van der Waals surface area contributed by atoms with Crippen LogP contribution in [0.15, 0.2) is 58.7 Å². The molecule has 3 rings (SSSR count). The molecule has 0 unspecified atom stereocenters. The Bertz CT molecular complexity index is 865. The number of hydrogen-bond acceptors (Lipinski definition) is 4. The SMILES string of the molecule is CC(C)c1nc(CCO)n(Cc2ccncc2)c1Sc1cccc(Cl)c1. The van der Waals surface area contributed by atoms with Gasteiger partial charge in [0.25, 0.3) is 0 Å². The van der Waals surface area contributed by atoms with Crippen LogP contribution in [0.2, 0.25) is 5.02 Å². The van der Waals surface area contributed by atoms with Crippen LogP contribution < -0.4 is 0 Å². The summed E-state index contributed by atoms with van der Waals surface area (Å²) in [7, 11) is 0. The fourth-order valence-corrected chi connectivity index (χ4v) is 4.23. The van der Waals surface area contributed by atoms with Crippen molar-refractivity contribution in [2.75, 3.05) is 6.61 Å². The van der Waals surface area contributed by atoms with E-state index >= 15 is 0 Å². The van der Waals surface area contributed by atoms with E-state index in [1.165, 1.54) is 0 Å². The number of rotatable bonds is 7. The Morgan fingerprint density at radius 2 is 1.96 bits per heavy atom. The van der Waals surface area contributed by atoms with E-state index in [0.717, 1.165) is 32.0 Å². The highest BCUT2D eigenvalue weighted by atomic mass is 35.5. The van der Waals surface area contributed by atoms with Crippen LogP contribution in [-0.2, 0) is 13.0 Å². The Balaban J connectivity index is 2.06. The molecule has 0 aliphatic rings. The summed E-state index contributed by atoms with van der Waals surface area (Å²) in [4.78, 5) is 10.0. The number of benzene rings is 1. The zero-order valence-electron chi connectivity index (χ0n) is 14.9. The van der Waals surface area contributed by atoms with Gasteiger partial charge in [-0.25, -0.2) is 4.98 Å². The molecule has 26 heavy (non-hydrogen) atoms. The van der Waals surface area contributed by atoms with E-state index < -0.39 is 0 Å². The molecule has 0 fully saturated rings. The van der Waals surface area contributed by atoms with Crippen molar-refractivity contribution in [2.24, 2.45) is 0 Å². The standard InChI is InChI=1S/C20H22ClN3OS/c1-14(2)19-20(26-17-5-3-4-16(21)12-17)24(18(23-19)8-11-25)13-15-6-9-22-10-7-15/h3-7,9-10,12,14,25H,8,11,13H2,1-2H3. The van der Waals surface area contributed by atoms with E-state index in [1.54, 1.807) is 24.2 Å². The van der Waals surface area contributed by atoms with Crippen molar-refractivity contribution in [3.8, 4) is 0 Å². The predicted molar refractivity (Wildman–Crippen MR) is 106 cm³/mol. The molecule has 136 valence electrons. The van der Waals surface area contributed by atoms with Gasteiger partial charge in [0.15, 0.2) is 0 Å². The normalized spacial score (nSPS) is 11.3. The summed E-state index contributed by atoms with van der Waals surface area (Å²) in [6, 6.07) is 11.9. The Kier molecular flexibility index (Phi) is 6.35. The third-order valence-electron chi connectivity index (χ3n) is 4.01. The van der Waals surface area contributed by atoms with Crippen molar-refractivity contribution in [3.05, 3.63) is 70.9 Å². The first-order valence-corrected chi connectivity index (χ1v) is 9.80. The molecule has 3 aromatic rings. The fraction of sp³-hybridized carbons (Fsp3) is 0.300. The molecule has 0 atom stereocenters. The average Bonchev–Trinajstić information content (AvgIpc) is 2.94. The number of aliphatic hydroxyl groups excluding tert-OH is 1. The number of nitrogens with zero attached hydrogens (tertiary/aromatic N) is 3. The smallest absolute Gasteiger partial charge is 0.112 e. The molecule has 0 aliphatic carbocycles. The van der Waals surface area contributed by atoms with E-state index in [1.807, 2.05) is 30.3 Å². The summed E-state index contributed by atoms with van der Waals surface area (Å²) < 4.78 is 2.20. The first-order valence-electron chi connectivity index (χ1n) is 8.61. The fourth-order valence-electron chi connectivity index (χ4n) is 2.75. The third kappa shape index (κ3) is 4.47. The maximum absolute atomic E-state index is 9.49. The third-order valence-corrected chi connectivity index (χ3v) is 5.36. The quantitative estimate of drug-likeness (QED) is 0.633. The van der Waals surface area contributed by atoms with Gasteiger partial charge in [-0.3, -0.25) is 4.98 Å². The number of halogens is 1. The van der Waals surface area contributed by atoms with Gasteiger partial charge in [-0.05, 0) is 41.8 Å². The van der Waals surface area contributed by atoms with Crippen molar-refractivity contribution >= 4 is 23.4 Å². The van der Waals surface area contributed by atoms with Gasteiger partial charge < -0.3 is 9.67 Å². The molecule has 0 saturated heterocycles. The van der Waals surface area contributed by atoms with Crippen LogP contribution in [0.4, 0.5) is 0 Å². The van der Waals surface area contributed by atoms with E-state index in [9.17, 15) is 5.11 Å². The second-order valence-electron chi connectivity index (χ2n) is 6.35. The Morgan fingerprint density at radius 3 is 2.62 bits per heavy atom. The van der Waals surface area contributed by atoms with Gasteiger partial charge in [0.2, 0.25) is 0 Å². The highest BCUT2D eigenvalue weighted by Gasteiger charge is 2.20. The maximum Gasteiger partial charge on any atom is 0.112 e. The zero-order chi connectivity index (χ0) is 18.5. The monoisotopic (exact) mass is 387 g/mol. The van der Waals surface area contributed by atoms with E-state index in [2.05, 4.69) is 29.5 Å². The Morgan fingerprint density at radius 1 is 1.19 bits per heavy atom. The van der Waals surface area contributed by atoms with E-state index in [-0.39, 0.29) is 12.5 Å². The minimum atomic E-state index is 0.0756. The molecule has 0 bridgehead atoms. The van der Waals surface area contributed by atoms with Crippen LogP contribution in [0.1, 0.15) is 36.8 Å². The minimum Gasteiger partial charge on any atom is -0.396 e. The second kappa shape index (κ2) is 8.71. The highest BCUT2D eigenvalue weighted by Crippen LogP contribution is 2.36. The van der Waals surface area contributed by atoms with Crippen molar-refractivity contribution in [1.82, 2.24) is 14.5 Å². The molecular weight excluding hydrogens is 366 g/mol. The first kappa shape index (κ1) is 19.0. The molecule has 0 amide bonds. The molecule has 0 radical (unpaired) electrons. The lowest BCUT2D eigenvalue weighted by molar-refractivity contribution is 0.294. The average molecular weight is 388 g/mol. The van der Waals surface area contributed by atoms with Gasteiger partial charge in [-0.1, -0.05) is 43.3 Å². The maximum atomic E-state index is 9.49. The predicted octanol–water partition coefficient (Wildman–Crippen LogP) is 4.79. The molecule has 1 aromatic carbocycles. The van der Waals surface area contributed by atoms with Crippen molar-refractivity contribution in [3.63, 3.8) is 0 Å². The van der Waals surface area contributed by atoms with Crippen LogP contribution in [0.25, 0.3) is 0 Å². The lowest BCUT2D eigenvalue weighted by Crippen LogP contribution is -2.08. The van der Waals surface area contributed by atoms with Crippen molar-refractivity contribution in [2.45, 2.75) is 42.7 Å². The van der Waals surface area contributed by atoms with Gasteiger partial charge in [0.1, 0.15) is 10.9 Å². The van der Waals surface area contributed by atoms with Crippen LogP contribution in [0.5, 0.6) is 0 Å². The second-order valence-corrected chi connectivity index (χ2v) is 7.85. The van der Waals surface area contributed by atoms with E-state index in [0.29, 0.717) is 13.0 Å². The molecule has 2 aromatic heterocycles. The molecule has 0 aliphatic heterocycles. The van der Waals surface area contributed by atoms with E-state index in [4.69, 9.17) is 16.6 Å². The summed E-state index contributed by atoms with van der Waals surface area (Å²) in [5.74, 6) is 1.19. The van der Waals surface area contributed by atoms with Gasteiger partial charge in [0, 0.05) is 35.3 Å². The minimum absolute atomic E-state index is 0.0756. The van der Waals surface area contributed by atoms with Crippen LogP contribution in [0, 0.1) is 0 Å². The van der Waals surface area contributed by atoms with Crippen molar-refractivity contribution < 1.29 is 5.11 Å². The summed E-state index contributed by atoms with van der Waals surface area (Å²) in [5.41, 5.74) is 2.20. The Labute approximate surface area is 163 Å². The summed E-state index contributed by atoms with van der Waals surface area (Å²) in [6.07, 6.45) is 4.12. The van der Waals surface area contributed by atoms with Gasteiger partial charge in [0.05, 0.1) is 12.3 Å². The number of aliphatic hydroxyl groups is 1. The number of hydrogen-bond donors (Lipinski definition) is 1. The summed E-state index contributed by atoms with van der Waals surface area (Å²) >= 11 is 7.83. The van der Waals surface area contributed by atoms with Crippen molar-refractivity contribution in [1.29, 1.82) is 0 Å². The van der Waals surface area contributed by atoms with Crippen LogP contribution in [0.3, 0.4) is 0 Å². The lowest BCUT2D eigenvalue weighted by atomic mass is 10.1. The molecule has 4 nitrogen and oxygen atoms in total. The number of aromatic nitrogens is 3. The molecule has 2 heterocycles. The Hall–Kier alpha value is -1.82. The number of pyridine rings is 1. The van der Waals surface area contributed by atoms with Gasteiger partial charge in [-0.15, -0.1) is 0 Å². The largest absolute Gasteiger partial charge is 0.396 e. The van der Waals surface area contributed by atoms with Gasteiger partial charge >= 0.3 is 0 Å². The molecular formula is C20H22ClN3OS. The lowest BCUT2D eigenvalue weighted by Gasteiger charge is -2.13. The highest BCUT2D eigenvalue weighted by molar-refractivity contribution is 7.99. The first-order chi connectivity index (χ1) is 12.6. The molecule has 0 spiro atoms. The van der Waals surface area contributed by atoms with Crippen LogP contribution >= 0.6 is 23.4 Å². The van der Waals surface area contributed by atoms with Gasteiger partial charge in [-0.2, -0.15) is 0 Å². The topological polar surface area (TPSA) is 50.9 Å². The zero-order valence-corrected chi connectivity index (χ0v) is 16.5. The van der Waals surface area contributed by atoms with Crippen LogP contribution in [-0.4, -0.2) is 26.2 Å². The summed E-state index contributed by atoms with van der Waals surface area (Å²) in [6.45, 7) is 5.06. The molecule has 1 N–H and O–H groups in total. The molecule has 6 heteroatoms.